The molecule has 3 aromatic rings. The van der Waals surface area contributed by atoms with Crippen molar-refractivity contribution in [2.75, 3.05) is 11.9 Å². The van der Waals surface area contributed by atoms with Crippen molar-refractivity contribution in [1.29, 1.82) is 0 Å². The fraction of sp³-hybridized carbons (Fsp3) is 0.222. The van der Waals surface area contributed by atoms with Crippen LogP contribution in [0.15, 0.2) is 39.6 Å². The van der Waals surface area contributed by atoms with Crippen molar-refractivity contribution < 1.29 is 14.3 Å². The van der Waals surface area contributed by atoms with E-state index in [1.807, 2.05) is 5.38 Å². The summed E-state index contributed by atoms with van der Waals surface area (Å²) in [5, 5.41) is 5.13. The van der Waals surface area contributed by atoms with Gasteiger partial charge in [0, 0.05) is 12.6 Å². The summed E-state index contributed by atoms with van der Waals surface area (Å²) in [4.78, 5) is 41.9. The summed E-state index contributed by atoms with van der Waals surface area (Å²) in [5.74, 6) is 0.166. The third-order valence-corrected chi connectivity index (χ3v) is 6.16. The van der Waals surface area contributed by atoms with Gasteiger partial charge in [-0.2, -0.15) is 0 Å². The van der Waals surface area contributed by atoms with E-state index in [4.69, 9.17) is 4.74 Å². The lowest BCUT2D eigenvalue weighted by Crippen LogP contribution is -2.26. The number of carbonyl (C=O) groups excluding carboxylic acids is 2. The van der Waals surface area contributed by atoms with Crippen LogP contribution in [0.4, 0.5) is 5.69 Å². The highest BCUT2D eigenvalue weighted by Gasteiger charge is 2.23. The molecule has 2 aromatic heterocycles. The molecule has 1 aromatic carbocycles. The predicted molar refractivity (Wildman–Crippen MR) is 105 cm³/mol. The van der Waals surface area contributed by atoms with Gasteiger partial charge in [-0.05, 0) is 36.6 Å². The molecule has 0 radical (unpaired) electrons. The molecule has 1 aliphatic rings. The highest BCUT2D eigenvalue weighted by atomic mass is 32.2. The number of carbonyl (C=O) groups is 2. The summed E-state index contributed by atoms with van der Waals surface area (Å²) in [5.41, 5.74) is 0.818. The lowest BCUT2D eigenvalue weighted by atomic mass is 10.1. The van der Waals surface area contributed by atoms with Gasteiger partial charge < -0.3 is 10.1 Å². The molecule has 4 rings (SSSR count). The molecule has 138 valence electrons. The highest BCUT2D eigenvalue weighted by molar-refractivity contribution is 8.00. The van der Waals surface area contributed by atoms with E-state index >= 15 is 0 Å². The zero-order valence-corrected chi connectivity index (χ0v) is 16.1. The number of aromatic nitrogens is 2. The topological polar surface area (TPSA) is 90.3 Å². The minimum absolute atomic E-state index is 0.0303. The zero-order valence-electron chi connectivity index (χ0n) is 14.5. The first-order valence-electron chi connectivity index (χ1n) is 8.16. The number of amides is 1. The average Bonchev–Trinajstić information content (AvgIpc) is 3.13. The molecule has 3 heterocycles. The van der Waals surface area contributed by atoms with Crippen molar-refractivity contribution in [2.45, 2.75) is 17.3 Å². The first kappa shape index (κ1) is 17.7. The standard InChI is InChI=1S/C18H15N3O4S2/c1-9(27-18-20-16-11(5-6-26-16)17(24)21(18)2)15(23)10-3-4-13-12(7-10)19-14(22)8-25-13/h3-7,9H,8H2,1-2H3,(H,19,22). The maximum Gasteiger partial charge on any atom is 0.262 e. The predicted octanol–water partition coefficient (Wildman–Crippen LogP) is 2.69. The fourth-order valence-corrected chi connectivity index (χ4v) is 4.52. The number of anilines is 1. The van der Waals surface area contributed by atoms with E-state index in [1.54, 1.807) is 38.2 Å². The van der Waals surface area contributed by atoms with Gasteiger partial charge in [0.15, 0.2) is 17.5 Å². The molecular formula is C18H15N3O4S2. The van der Waals surface area contributed by atoms with E-state index in [0.717, 1.165) is 0 Å². The van der Waals surface area contributed by atoms with E-state index in [2.05, 4.69) is 10.3 Å². The molecule has 7 nitrogen and oxygen atoms in total. The van der Waals surface area contributed by atoms with Gasteiger partial charge in [0.2, 0.25) is 0 Å². The Morgan fingerprint density at radius 2 is 2.19 bits per heavy atom. The molecule has 0 spiro atoms. The number of nitrogens with zero attached hydrogens (tertiary/aromatic N) is 2. The molecular weight excluding hydrogens is 386 g/mol. The molecule has 1 aliphatic heterocycles. The van der Waals surface area contributed by atoms with E-state index in [1.165, 1.54) is 27.7 Å². The number of hydrogen-bond donors (Lipinski definition) is 1. The minimum atomic E-state index is -0.459. The maximum absolute atomic E-state index is 12.8. The number of nitrogens with one attached hydrogen (secondary N) is 1. The number of thioether (sulfide) groups is 1. The number of thiophene rings is 1. The molecule has 9 heteroatoms. The summed E-state index contributed by atoms with van der Waals surface area (Å²) >= 11 is 2.63. The van der Waals surface area contributed by atoms with Gasteiger partial charge in [-0.25, -0.2) is 4.98 Å². The Labute approximate surface area is 162 Å². The van der Waals surface area contributed by atoms with Crippen LogP contribution in [-0.4, -0.2) is 33.1 Å². The van der Waals surface area contributed by atoms with Crippen LogP contribution in [0.2, 0.25) is 0 Å². The summed E-state index contributed by atoms with van der Waals surface area (Å²) in [6.45, 7) is 1.74. The molecule has 0 saturated heterocycles. The fourth-order valence-electron chi connectivity index (χ4n) is 2.77. The number of rotatable bonds is 4. The van der Waals surface area contributed by atoms with E-state index in [-0.39, 0.29) is 23.9 Å². The number of benzene rings is 1. The van der Waals surface area contributed by atoms with Crippen molar-refractivity contribution in [1.82, 2.24) is 9.55 Å². The van der Waals surface area contributed by atoms with Crippen LogP contribution in [0, 0.1) is 0 Å². The summed E-state index contributed by atoms with van der Waals surface area (Å²) in [7, 11) is 1.65. The lowest BCUT2D eigenvalue weighted by molar-refractivity contribution is -0.118. The van der Waals surface area contributed by atoms with Crippen LogP contribution in [0.1, 0.15) is 17.3 Å². The van der Waals surface area contributed by atoms with Crippen molar-refractivity contribution in [3.05, 3.63) is 45.6 Å². The maximum atomic E-state index is 12.8. The molecule has 0 aliphatic carbocycles. The smallest absolute Gasteiger partial charge is 0.262 e. The Bertz CT molecular complexity index is 1140. The molecule has 0 fully saturated rings. The highest BCUT2D eigenvalue weighted by Crippen LogP contribution is 2.31. The molecule has 27 heavy (non-hydrogen) atoms. The second-order valence-corrected chi connectivity index (χ2v) is 8.27. The summed E-state index contributed by atoms with van der Waals surface area (Å²) in [6.07, 6.45) is 0. The van der Waals surface area contributed by atoms with Gasteiger partial charge in [-0.15, -0.1) is 11.3 Å². The molecule has 0 bridgehead atoms. The van der Waals surface area contributed by atoms with Crippen LogP contribution in [0.3, 0.4) is 0 Å². The van der Waals surface area contributed by atoms with Gasteiger partial charge in [0.25, 0.3) is 11.5 Å². The summed E-state index contributed by atoms with van der Waals surface area (Å²) in [6, 6.07) is 6.71. The first-order chi connectivity index (χ1) is 12.9. The molecule has 1 unspecified atom stereocenters. The molecule has 1 N–H and O–H groups in total. The number of Topliss-reactive ketones (excluding diaryl/α,β-unsaturated/α-hetero) is 1. The van der Waals surface area contributed by atoms with Crippen LogP contribution < -0.4 is 15.6 Å². The number of fused-ring (bicyclic) bond motifs is 2. The second kappa shape index (κ2) is 6.82. The largest absolute Gasteiger partial charge is 0.482 e. The van der Waals surface area contributed by atoms with Crippen LogP contribution in [-0.2, 0) is 11.8 Å². The molecule has 1 amide bonds. The van der Waals surface area contributed by atoms with E-state index in [9.17, 15) is 14.4 Å². The average molecular weight is 401 g/mol. The Balaban J connectivity index is 1.60. The Hall–Kier alpha value is -2.65. The molecule has 0 saturated carbocycles. The van der Waals surface area contributed by atoms with E-state index in [0.29, 0.717) is 32.4 Å². The monoisotopic (exact) mass is 401 g/mol. The van der Waals surface area contributed by atoms with Crippen LogP contribution in [0.25, 0.3) is 10.2 Å². The van der Waals surface area contributed by atoms with E-state index < -0.39 is 5.25 Å². The van der Waals surface area contributed by atoms with Crippen LogP contribution >= 0.6 is 23.1 Å². The van der Waals surface area contributed by atoms with Gasteiger partial charge in [0.05, 0.1) is 16.3 Å². The zero-order chi connectivity index (χ0) is 19.1. The quantitative estimate of drug-likeness (QED) is 0.411. The van der Waals surface area contributed by atoms with Gasteiger partial charge in [-0.3, -0.25) is 19.0 Å². The number of ether oxygens (including phenoxy) is 1. The van der Waals surface area contributed by atoms with Gasteiger partial charge >= 0.3 is 0 Å². The Kier molecular flexibility index (Phi) is 4.48. The van der Waals surface area contributed by atoms with Gasteiger partial charge in [-0.1, -0.05) is 11.8 Å². The first-order valence-corrected chi connectivity index (χ1v) is 9.92. The van der Waals surface area contributed by atoms with Crippen molar-refractivity contribution in [3.8, 4) is 5.75 Å². The minimum Gasteiger partial charge on any atom is -0.482 e. The van der Waals surface area contributed by atoms with Crippen molar-refractivity contribution >= 4 is 50.7 Å². The third-order valence-electron chi connectivity index (χ3n) is 4.21. The molecule has 1 atom stereocenters. The lowest BCUT2D eigenvalue weighted by Gasteiger charge is -2.19. The Morgan fingerprint density at radius 3 is 3.00 bits per heavy atom. The number of hydrogen-bond acceptors (Lipinski definition) is 7. The Morgan fingerprint density at radius 1 is 1.37 bits per heavy atom. The SMILES string of the molecule is CC(Sc1nc2sccc2c(=O)n1C)C(=O)c1ccc2c(c1)NC(=O)CO2. The normalized spacial score (nSPS) is 14.4. The second-order valence-electron chi connectivity index (χ2n) is 6.07. The third kappa shape index (κ3) is 3.24. The van der Waals surface area contributed by atoms with Crippen molar-refractivity contribution in [2.24, 2.45) is 7.05 Å². The summed E-state index contributed by atoms with van der Waals surface area (Å²) < 4.78 is 6.78. The van der Waals surface area contributed by atoms with Gasteiger partial charge in [0.1, 0.15) is 10.6 Å². The number of ketones is 1. The van der Waals surface area contributed by atoms with Crippen LogP contribution in [0.5, 0.6) is 5.75 Å². The van der Waals surface area contributed by atoms with Crippen molar-refractivity contribution in [3.63, 3.8) is 0 Å².